The Morgan fingerprint density at radius 3 is 2.33 bits per heavy atom. The number of benzene rings is 1. The maximum absolute atomic E-state index is 11.4. The summed E-state index contributed by atoms with van der Waals surface area (Å²) in [6, 6.07) is 6.56. The van der Waals surface area contributed by atoms with E-state index in [-0.39, 0.29) is 11.8 Å². The monoisotopic (exact) mass is 247 g/mol. The molecule has 98 valence electrons. The SMILES string of the molecule is CNC(=O)C1CC1c1cc(C)cc(C)c1.N=CN. The Kier molecular flexibility index (Phi) is 4.89. The van der Waals surface area contributed by atoms with E-state index in [0.29, 0.717) is 5.92 Å². The standard InChI is InChI=1S/C13H17NO.CH4N2/c1-8-4-9(2)6-10(5-8)11-7-12(11)13(15)14-3;2-1-3/h4-6,11-12H,7H2,1-3H3,(H,14,15);1H,(H3,2,3). The molecule has 0 aromatic heterocycles. The quantitative estimate of drug-likeness (QED) is 0.549. The zero-order chi connectivity index (χ0) is 13.7. The van der Waals surface area contributed by atoms with E-state index in [4.69, 9.17) is 5.41 Å². The highest BCUT2D eigenvalue weighted by atomic mass is 16.1. The molecule has 2 atom stereocenters. The lowest BCUT2D eigenvalue weighted by molar-refractivity contribution is -0.121. The summed E-state index contributed by atoms with van der Waals surface area (Å²) in [6.07, 6.45) is 1.75. The van der Waals surface area contributed by atoms with Gasteiger partial charge in [-0.25, -0.2) is 0 Å². The number of nitrogens with two attached hydrogens (primary N) is 1. The molecule has 4 nitrogen and oxygen atoms in total. The molecule has 0 saturated heterocycles. The lowest BCUT2D eigenvalue weighted by atomic mass is 10.0. The zero-order valence-electron chi connectivity index (χ0n) is 11.2. The predicted octanol–water partition coefficient (Wildman–Crippen LogP) is 1.71. The fourth-order valence-electron chi connectivity index (χ4n) is 2.26. The molecule has 18 heavy (non-hydrogen) atoms. The van der Waals surface area contributed by atoms with Gasteiger partial charge in [0.15, 0.2) is 0 Å². The predicted molar refractivity (Wildman–Crippen MR) is 73.8 cm³/mol. The molecule has 1 aromatic carbocycles. The molecule has 1 aromatic rings. The van der Waals surface area contributed by atoms with Crippen LogP contribution in [0.5, 0.6) is 0 Å². The molecule has 4 heteroatoms. The first-order valence-corrected chi connectivity index (χ1v) is 6.04. The molecule has 0 aliphatic heterocycles. The van der Waals surface area contributed by atoms with Crippen molar-refractivity contribution in [3.63, 3.8) is 0 Å². The van der Waals surface area contributed by atoms with Crippen molar-refractivity contribution in [2.24, 2.45) is 11.7 Å². The third kappa shape index (κ3) is 3.58. The summed E-state index contributed by atoms with van der Waals surface area (Å²) in [5.74, 6) is 0.832. The van der Waals surface area contributed by atoms with E-state index in [2.05, 4.69) is 43.1 Å². The highest BCUT2D eigenvalue weighted by Crippen LogP contribution is 2.47. The van der Waals surface area contributed by atoms with Crippen LogP contribution in [0.3, 0.4) is 0 Å². The van der Waals surface area contributed by atoms with Crippen LogP contribution in [-0.2, 0) is 4.79 Å². The number of rotatable bonds is 2. The van der Waals surface area contributed by atoms with Gasteiger partial charge in [-0.15, -0.1) is 0 Å². The Morgan fingerprint density at radius 1 is 1.39 bits per heavy atom. The molecule has 2 rings (SSSR count). The van der Waals surface area contributed by atoms with Gasteiger partial charge in [0, 0.05) is 13.0 Å². The average molecular weight is 247 g/mol. The Bertz CT molecular complexity index is 422. The Hall–Kier alpha value is -1.84. The molecule has 1 aliphatic rings. The van der Waals surface area contributed by atoms with Crippen LogP contribution in [0, 0.1) is 25.2 Å². The molecular formula is C14H21N3O. The van der Waals surface area contributed by atoms with Gasteiger partial charge in [-0.3, -0.25) is 10.2 Å². The zero-order valence-corrected chi connectivity index (χ0v) is 11.2. The third-order valence-corrected chi connectivity index (χ3v) is 3.05. The van der Waals surface area contributed by atoms with Crippen molar-refractivity contribution in [1.29, 1.82) is 5.41 Å². The maximum Gasteiger partial charge on any atom is 0.223 e. The molecule has 0 spiro atoms. The number of carbonyl (C=O) groups excluding carboxylic acids is 1. The number of nitrogens with one attached hydrogen (secondary N) is 2. The minimum absolute atomic E-state index is 0.180. The first kappa shape index (κ1) is 14.2. The molecule has 2 unspecified atom stereocenters. The molecule has 1 fully saturated rings. The van der Waals surface area contributed by atoms with E-state index < -0.39 is 0 Å². The molecule has 0 radical (unpaired) electrons. The van der Waals surface area contributed by atoms with Crippen LogP contribution >= 0.6 is 0 Å². The summed E-state index contributed by atoms with van der Waals surface area (Å²) >= 11 is 0. The van der Waals surface area contributed by atoms with Crippen molar-refractivity contribution in [1.82, 2.24) is 5.32 Å². The minimum Gasteiger partial charge on any atom is -0.390 e. The fourth-order valence-corrected chi connectivity index (χ4v) is 2.26. The van der Waals surface area contributed by atoms with Gasteiger partial charge in [-0.05, 0) is 31.7 Å². The highest BCUT2D eigenvalue weighted by molar-refractivity contribution is 5.82. The lowest BCUT2D eigenvalue weighted by Gasteiger charge is -2.04. The van der Waals surface area contributed by atoms with E-state index >= 15 is 0 Å². The number of carbonyl (C=O) groups is 1. The topological polar surface area (TPSA) is 79.0 Å². The van der Waals surface area contributed by atoms with Crippen molar-refractivity contribution < 1.29 is 4.79 Å². The van der Waals surface area contributed by atoms with Gasteiger partial charge < -0.3 is 11.1 Å². The van der Waals surface area contributed by atoms with E-state index in [9.17, 15) is 4.79 Å². The van der Waals surface area contributed by atoms with Crippen LogP contribution in [0.15, 0.2) is 18.2 Å². The number of hydrogen-bond acceptors (Lipinski definition) is 2. The molecule has 1 saturated carbocycles. The molecule has 1 amide bonds. The van der Waals surface area contributed by atoms with Crippen molar-refractivity contribution in [2.45, 2.75) is 26.2 Å². The number of aryl methyl sites for hydroxylation is 2. The second-order valence-electron chi connectivity index (χ2n) is 4.65. The smallest absolute Gasteiger partial charge is 0.223 e. The van der Waals surface area contributed by atoms with Crippen LogP contribution in [-0.4, -0.2) is 19.3 Å². The summed E-state index contributed by atoms with van der Waals surface area (Å²) in [6.45, 7) is 4.21. The third-order valence-electron chi connectivity index (χ3n) is 3.05. The van der Waals surface area contributed by atoms with E-state index in [1.165, 1.54) is 16.7 Å². The van der Waals surface area contributed by atoms with Crippen LogP contribution in [0.1, 0.15) is 29.0 Å². The van der Waals surface area contributed by atoms with Gasteiger partial charge in [0.2, 0.25) is 5.91 Å². The van der Waals surface area contributed by atoms with Crippen molar-refractivity contribution in [2.75, 3.05) is 7.05 Å². The molecule has 4 N–H and O–H groups in total. The lowest BCUT2D eigenvalue weighted by Crippen LogP contribution is -2.20. The molecule has 0 heterocycles. The van der Waals surface area contributed by atoms with E-state index in [1.54, 1.807) is 7.05 Å². The Balaban J connectivity index is 0.000000492. The summed E-state index contributed by atoms with van der Waals surface area (Å²) in [5.41, 5.74) is 8.28. The first-order chi connectivity index (χ1) is 8.53. The summed E-state index contributed by atoms with van der Waals surface area (Å²) in [7, 11) is 1.71. The molecule has 1 aliphatic carbocycles. The summed E-state index contributed by atoms with van der Waals surface area (Å²) in [4.78, 5) is 11.4. The fraction of sp³-hybridized carbons (Fsp3) is 0.429. The van der Waals surface area contributed by atoms with Gasteiger partial charge in [0.05, 0.1) is 6.34 Å². The van der Waals surface area contributed by atoms with Crippen molar-refractivity contribution >= 4 is 12.2 Å². The number of amides is 1. The van der Waals surface area contributed by atoms with E-state index in [0.717, 1.165) is 12.8 Å². The summed E-state index contributed by atoms with van der Waals surface area (Å²) < 4.78 is 0. The van der Waals surface area contributed by atoms with Crippen LogP contribution in [0.25, 0.3) is 0 Å². The van der Waals surface area contributed by atoms with Gasteiger partial charge in [0.25, 0.3) is 0 Å². The van der Waals surface area contributed by atoms with Crippen LogP contribution in [0.2, 0.25) is 0 Å². The van der Waals surface area contributed by atoms with Crippen molar-refractivity contribution in [3.8, 4) is 0 Å². The minimum atomic E-state index is 0.180. The number of hydrogen-bond donors (Lipinski definition) is 3. The van der Waals surface area contributed by atoms with E-state index in [1.807, 2.05) is 0 Å². The molecular weight excluding hydrogens is 226 g/mol. The van der Waals surface area contributed by atoms with Gasteiger partial charge >= 0.3 is 0 Å². The highest BCUT2D eigenvalue weighted by Gasteiger charge is 2.43. The summed E-state index contributed by atoms with van der Waals surface area (Å²) in [5, 5.41) is 8.58. The van der Waals surface area contributed by atoms with Crippen molar-refractivity contribution in [3.05, 3.63) is 34.9 Å². The Labute approximate surface area is 108 Å². The van der Waals surface area contributed by atoms with Crippen LogP contribution in [0.4, 0.5) is 0 Å². The average Bonchev–Trinajstić information content (AvgIpc) is 3.07. The maximum atomic E-state index is 11.4. The second kappa shape index (κ2) is 6.19. The van der Waals surface area contributed by atoms with Gasteiger partial charge in [-0.2, -0.15) is 0 Å². The largest absolute Gasteiger partial charge is 0.390 e. The second-order valence-corrected chi connectivity index (χ2v) is 4.65. The molecule has 0 bridgehead atoms. The van der Waals surface area contributed by atoms with Gasteiger partial charge in [-0.1, -0.05) is 29.3 Å². The normalized spacial score (nSPS) is 20.4. The Morgan fingerprint density at radius 2 is 1.89 bits per heavy atom. The van der Waals surface area contributed by atoms with Gasteiger partial charge in [0.1, 0.15) is 0 Å². The van der Waals surface area contributed by atoms with Crippen LogP contribution < -0.4 is 11.1 Å². The first-order valence-electron chi connectivity index (χ1n) is 6.04.